The van der Waals surface area contributed by atoms with Crippen LogP contribution in [0.4, 0.5) is 10.1 Å². The van der Waals surface area contributed by atoms with Gasteiger partial charge in [0.15, 0.2) is 11.5 Å². The van der Waals surface area contributed by atoms with Crippen molar-refractivity contribution >= 4 is 11.6 Å². The van der Waals surface area contributed by atoms with Crippen LogP contribution in [0.5, 0.6) is 11.5 Å². The van der Waals surface area contributed by atoms with Crippen molar-refractivity contribution in [2.75, 3.05) is 12.1 Å². The highest BCUT2D eigenvalue weighted by molar-refractivity contribution is 6.04. The highest BCUT2D eigenvalue weighted by Crippen LogP contribution is 2.32. The van der Waals surface area contributed by atoms with Gasteiger partial charge in [-0.15, -0.1) is 0 Å². The number of carbonyl (C=O) groups excluding carboxylic acids is 1. The fraction of sp³-hybridized carbons (Fsp3) is 0.111. The zero-order valence-corrected chi connectivity index (χ0v) is 13.1. The summed E-state index contributed by atoms with van der Waals surface area (Å²) in [5.41, 5.74) is 1.50. The van der Waals surface area contributed by atoms with Gasteiger partial charge < -0.3 is 14.8 Å². The molecule has 25 heavy (non-hydrogen) atoms. The number of ether oxygens (including phenoxy) is 2. The summed E-state index contributed by atoms with van der Waals surface area (Å²) in [4.78, 5) is 12.3. The second-order valence-electron chi connectivity index (χ2n) is 5.54. The van der Waals surface area contributed by atoms with Gasteiger partial charge in [-0.25, -0.2) is 4.39 Å². The van der Waals surface area contributed by atoms with Gasteiger partial charge in [-0.3, -0.25) is 9.48 Å². The fourth-order valence-electron chi connectivity index (χ4n) is 2.56. The highest BCUT2D eigenvalue weighted by atomic mass is 19.1. The molecule has 1 aromatic heterocycles. The van der Waals surface area contributed by atoms with Crippen LogP contribution in [-0.2, 0) is 6.54 Å². The third kappa shape index (κ3) is 3.16. The van der Waals surface area contributed by atoms with Crippen molar-refractivity contribution in [1.29, 1.82) is 0 Å². The Kier molecular flexibility index (Phi) is 3.81. The lowest BCUT2D eigenvalue weighted by Gasteiger charge is -2.04. The van der Waals surface area contributed by atoms with Crippen LogP contribution in [0.15, 0.2) is 54.9 Å². The number of amides is 1. The number of rotatable bonds is 4. The highest BCUT2D eigenvalue weighted by Gasteiger charge is 2.16. The van der Waals surface area contributed by atoms with E-state index in [4.69, 9.17) is 9.47 Å². The molecule has 6 nitrogen and oxygen atoms in total. The fourth-order valence-corrected chi connectivity index (χ4v) is 2.56. The molecule has 0 fully saturated rings. The van der Waals surface area contributed by atoms with E-state index in [-0.39, 0.29) is 25.1 Å². The smallest absolute Gasteiger partial charge is 0.255 e. The molecule has 0 saturated heterocycles. The Morgan fingerprint density at radius 3 is 2.92 bits per heavy atom. The summed E-state index contributed by atoms with van der Waals surface area (Å²) in [6, 6.07) is 11.5. The number of benzene rings is 2. The molecule has 0 atom stereocenters. The molecule has 0 unspecified atom stereocenters. The molecule has 1 N–H and O–H groups in total. The van der Waals surface area contributed by atoms with Crippen LogP contribution in [0, 0.1) is 5.82 Å². The van der Waals surface area contributed by atoms with Crippen LogP contribution in [0.2, 0.25) is 0 Å². The molecule has 0 bridgehead atoms. The van der Waals surface area contributed by atoms with Gasteiger partial charge >= 0.3 is 0 Å². The Morgan fingerprint density at radius 1 is 1.20 bits per heavy atom. The van der Waals surface area contributed by atoms with E-state index in [2.05, 4.69) is 10.4 Å². The number of aromatic nitrogens is 2. The number of nitrogens with one attached hydrogen (secondary N) is 1. The maximum atomic E-state index is 13.7. The van der Waals surface area contributed by atoms with Gasteiger partial charge in [-0.2, -0.15) is 5.10 Å². The van der Waals surface area contributed by atoms with Crippen molar-refractivity contribution in [1.82, 2.24) is 9.78 Å². The lowest BCUT2D eigenvalue weighted by molar-refractivity contribution is 0.102. The number of hydrogen-bond acceptors (Lipinski definition) is 4. The standard InChI is InChI=1S/C18H14FN3O3/c19-15-4-2-1-3-13(15)9-22-10-14(8-20-22)21-18(23)12-5-6-16-17(7-12)25-11-24-16/h1-8,10H,9,11H2,(H,21,23). The van der Waals surface area contributed by atoms with Crippen molar-refractivity contribution in [2.45, 2.75) is 6.54 Å². The molecule has 2 heterocycles. The van der Waals surface area contributed by atoms with Crippen molar-refractivity contribution < 1.29 is 18.7 Å². The molecule has 1 amide bonds. The van der Waals surface area contributed by atoms with Crippen molar-refractivity contribution in [3.05, 3.63) is 71.8 Å². The Bertz CT molecular complexity index is 939. The summed E-state index contributed by atoms with van der Waals surface area (Å²) in [6.45, 7) is 0.440. The topological polar surface area (TPSA) is 65.4 Å². The number of anilines is 1. The van der Waals surface area contributed by atoms with E-state index in [1.54, 1.807) is 47.3 Å². The molecule has 7 heteroatoms. The minimum Gasteiger partial charge on any atom is -0.454 e. The summed E-state index contributed by atoms with van der Waals surface area (Å²) >= 11 is 0. The number of hydrogen-bond donors (Lipinski definition) is 1. The summed E-state index contributed by atoms with van der Waals surface area (Å²) in [7, 11) is 0. The number of fused-ring (bicyclic) bond motifs is 1. The molecular weight excluding hydrogens is 325 g/mol. The van der Waals surface area contributed by atoms with Crippen molar-refractivity contribution in [3.63, 3.8) is 0 Å². The third-order valence-electron chi connectivity index (χ3n) is 3.82. The van der Waals surface area contributed by atoms with Crippen molar-refractivity contribution in [2.24, 2.45) is 0 Å². The zero-order chi connectivity index (χ0) is 17.2. The number of carbonyl (C=O) groups is 1. The molecule has 1 aliphatic rings. The van der Waals surface area contributed by atoms with E-state index in [0.29, 0.717) is 28.3 Å². The lowest BCUT2D eigenvalue weighted by atomic mass is 10.2. The first kappa shape index (κ1) is 15.2. The van der Waals surface area contributed by atoms with Crippen LogP contribution in [-0.4, -0.2) is 22.5 Å². The molecule has 4 rings (SSSR count). The number of halogens is 1. The first-order chi connectivity index (χ1) is 12.2. The summed E-state index contributed by atoms with van der Waals surface area (Å²) in [6.07, 6.45) is 3.17. The zero-order valence-electron chi connectivity index (χ0n) is 13.1. The van der Waals surface area contributed by atoms with E-state index < -0.39 is 0 Å². The second kappa shape index (κ2) is 6.27. The van der Waals surface area contributed by atoms with Gasteiger partial charge in [0, 0.05) is 17.3 Å². The van der Waals surface area contributed by atoms with E-state index in [1.165, 1.54) is 12.3 Å². The van der Waals surface area contributed by atoms with Gasteiger partial charge in [0.05, 0.1) is 18.4 Å². The summed E-state index contributed by atoms with van der Waals surface area (Å²) < 4.78 is 25.7. The molecule has 126 valence electrons. The molecule has 0 aliphatic carbocycles. The molecule has 2 aromatic carbocycles. The van der Waals surface area contributed by atoms with Crippen LogP contribution in [0.1, 0.15) is 15.9 Å². The first-order valence-electron chi connectivity index (χ1n) is 7.66. The van der Waals surface area contributed by atoms with Gasteiger partial charge in [0.2, 0.25) is 6.79 Å². The second-order valence-corrected chi connectivity index (χ2v) is 5.54. The molecule has 3 aromatic rings. The van der Waals surface area contributed by atoms with E-state index in [1.807, 2.05) is 0 Å². The lowest BCUT2D eigenvalue weighted by Crippen LogP contribution is -2.11. The van der Waals surface area contributed by atoms with Crippen LogP contribution in [0.3, 0.4) is 0 Å². The molecule has 0 radical (unpaired) electrons. The minimum absolute atomic E-state index is 0.156. The Balaban J connectivity index is 1.46. The molecule has 1 aliphatic heterocycles. The molecule has 0 spiro atoms. The Morgan fingerprint density at radius 2 is 2.04 bits per heavy atom. The summed E-state index contributed by atoms with van der Waals surface area (Å²) in [5.74, 6) is 0.588. The largest absolute Gasteiger partial charge is 0.454 e. The summed E-state index contributed by atoms with van der Waals surface area (Å²) in [5, 5.41) is 6.91. The van der Waals surface area contributed by atoms with Crippen LogP contribution < -0.4 is 14.8 Å². The average Bonchev–Trinajstić information content (AvgIpc) is 3.25. The maximum Gasteiger partial charge on any atom is 0.255 e. The molecular formula is C18H14FN3O3. The van der Waals surface area contributed by atoms with Crippen LogP contribution >= 0.6 is 0 Å². The van der Waals surface area contributed by atoms with E-state index >= 15 is 0 Å². The number of nitrogens with zero attached hydrogens (tertiary/aromatic N) is 2. The predicted octanol–water partition coefficient (Wildman–Crippen LogP) is 3.05. The monoisotopic (exact) mass is 339 g/mol. The van der Waals surface area contributed by atoms with Gasteiger partial charge in [-0.1, -0.05) is 18.2 Å². The first-order valence-corrected chi connectivity index (χ1v) is 7.66. The maximum absolute atomic E-state index is 13.7. The average molecular weight is 339 g/mol. The van der Waals surface area contributed by atoms with Gasteiger partial charge in [-0.05, 0) is 24.3 Å². The Labute approximate surface area is 142 Å². The minimum atomic E-state index is -0.288. The van der Waals surface area contributed by atoms with E-state index in [9.17, 15) is 9.18 Å². The van der Waals surface area contributed by atoms with E-state index in [0.717, 1.165) is 0 Å². The predicted molar refractivity (Wildman–Crippen MR) is 88.2 cm³/mol. The van der Waals surface area contributed by atoms with Crippen molar-refractivity contribution in [3.8, 4) is 11.5 Å². The Hall–Kier alpha value is -3.35. The normalized spacial score (nSPS) is 12.2. The third-order valence-corrected chi connectivity index (χ3v) is 3.82. The van der Waals surface area contributed by atoms with Gasteiger partial charge in [0.1, 0.15) is 5.82 Å². The molecule has 0 saturated carbocycles. The quantitative estimate of drug-likeness (QED) is 0.793. The van der Waals surface area contributed by atoms with Crippen LogP contribution in [0.25, 0.3) is 0 Å². The SMILES string of the molecule is O=C(Nc1cnn(Cc2ccccc2F)c1)c1ccc2c(c1)OCO2. The van der Waals surface area contributed by atoms with Gasteiger partial charge in [0.25, 0.3) is 5.91 Å².